The second-order valence-corrected chi connectivity index (χ2v) is 6.05. The lowest BCUT2D eigenvalue weighted by Crippen LogP contribution is -2.37. The van der Waals surface area contributed by atoms with Crippen LogP contribution in [0.3, 0.4) is 0 Å². The Labute approximate surface area is 136 Å². The van der Waals surface area contributed by atoms with E-state index in [0.717, 1.165) is 19.3 Å². The van der Waals surface area contributed by atoms with Crippen LogP contribution in [-0.2, 0) is 4.74 Å². The Hall–Kier alpha value is -1.95. The molecule has 2 N–H and O–H groups in total. The van der Waals surface area contributed by atoms with E-state index >= 15 is 0 Å². The maximum atomic E-state index is 12.3. The molecule has 1 aromatic heterocycles. The summed E-state index contributed by atoms with van der Waals surface area (Å²) < 4.78 is 5.46. The van der Waals surface area contributed by atoms with E-state index in [1.54, 1.807) is 0 Å². The van der Waals surface area contributed by atoms with E-state index in [-0.39, 0.29) is 22.7 Å². The van der Waals surface area contributed by atoms with Crippen molar-refractivity contribution in [3.63, 3.8) is 0 Å². The van der Waals surface area contributed by atoms with E-state index < -0.39 is 5.97 Å². The van der Waals surface area contributed by atoms with Crippen LogP contribution in [0.25, 0.3) is 0 Å². The second-order valence-electron chi connectivity index (χ2n) is 6.05. The van der Waals surface area contributed by atoms with Crippen LogP contribution >= 0.6 is 0 Å². The minimum Gasteiger partial charge on any atom is -0.477 e. The first kappa shape index (κ1) is 17.4. The third-order valence-corrected chi connectivity index (χ3v) is 4.47. The molecule has 1 heterocycles. The third-order valence-electron chi connectivity index (χ3n) is 4.47. The predicted molar refractivity (Wildman–Crippen MR) is 85.5 cm³/mol. The summed E-state index contributed by atoms with van der Waals surface area (Å²) in [6.45, 7) is 3.97. The average Bonchev–Trinajstić information content (AvgIpc) is 3.02. The first-order valence-electron chi connectivity index (χ1n) is 8.13. The summed E-state index contributed by atoms with van der Waals surface area (Å²) in [6.07, 6.45) is 5.46. The predicted octanol–water partition coefficient (Wildman–Crippen LogP) is 2.50. The van der Waals surface area contributed by atoms with Gasteiger partial charge in [-0.25, -0.2) is 9.78 Å². The maximum Gasteiger partial charge on any atom is 0.354 e. The fraction of sp³-hybridized carbons (Fsp3) is 0.588. The van der Waals surface area contributed by atoms with Crippen LogP contribution in [0.15, 0.2) is 18.2 Å². The monoisotopic (exact) mass is 320 g/mol. The number of aromatic carboxylic acids is 1. The molecule has 1 fully saturated rings. The Morgan fingerprint density at radius 3 is 2.65 bits per heavy atom. The number of aromatic nitrogens is 1. The number of carbonyl (C=O) groups excluding carboxylic acids is 1. The summed E-state index contributed by atoms with van der Waals surface area (Å²) in [4.78, 5) is 27.1. The second kappa shape index (κ2) is 8.06. The van der Waals surface area contributed by atoms with Crippen LogP contribution in [0.2, 0.25) is 0 Å². The van der Waals surface area contributed by atoms with E-state index in [1.807, 2.05) is 6.92 Å². The Balaban J connectivity index is 1.96. The first-order valence-corrected chi connectivity index (χ1v) is 8.13. The fourth-order valence-electron chi connectivity index (χ4n) is 3.11. The number of carbonyl (C=O) groups is 2. The number of carboxylic acid groups (broad SMARTS) is 1. The van der Waals surface area contributed by atoms with Gasteiger partial charge in [-0.3, -0.25) is 4.79 Å². The summed E-state index contributed by atoms with van der Waals surface area (Å²) in [5, 5.41) is 11.9. The van der Waals surface area contributed by atoms with Gasteiger partial charge in [-0.05, 0) is 43.7 Å². The summed E-state index contributed by atoms with van der Waals surface area (Å²) in [5.74, 6) is -1.46. The van der Waals surface area contributed by atoms with Crippen LogP contribution in [0.1, 0.15) is 60.0 Å². The number of hydrogen-bond donors (Lipinski definition) is 2. The van der Waals surface area contributed by atoms with Crippen molar-refractivity contribution in [3.8, 4) is 0 Å². The highest BCUT2D eigenvalue weighted by molar-refractivity contribution is 5.94. The number of rotatable bonds is 8. The van der Waals surface area contributed by atoms with Gasteiger partial charge < -0.3 is 15.2 Å². The van der Waals surface area contributed by atoms with Crippen molar-refractivity contribution < 1.29 is 19.4 Å². The standard InChI is InChI=1S/C17H24N2O4/c1-2-23-11-10-17(8-3-4-9-17)12-18-15(20)13-6-5-7-14(19-13)16(21)22/h5-7H,2-4,8-12H2,1H3,(H,18,20)(H,21,22). The molecule has 0 aliphatic heterocycles. The molecule has 6 heteroatoms. The summed E-state index contributed by atoms with van der Waals surface area (Å²) in [6, 6.07) is 4.44. The molecule has 1 amide bonds. The molecule has 0 unspecified atom stereocenters. The Bertz CT molecular complexity index is 553. The molecule has 0 bridgehead atoms. The zero-order valence-corrected chi connectivity index (χ0v) is 13.5. The first-order chi connectivity index (χ1) is 11.1. The molecular weight excluding hydrogens is 296 g/mol. The van der Waals surface area contributed by atoms with Gasteiger partial charge in [0.2, 0.25) is 0 Å². The van der Waals surface area contributed by atoms with Crippen molar-refractivity contribution in [2.24, 2.45) is 5.41 Å². The van der Waals surface area contributed by atoms with Crippen LogP contribution in [-0.4, -0.2) is 41.7 Å². The van der Waals surface area contributed by atoms with Crippen molar-refractivity contribution in [3.05, 3.63) is 29.6 Å². The lowest BCUT2D eigenvalue weighted by Gasteiger charge is -2.29. The van der Waals surface area contributed by atoms with Gasteiger partial charge in [0.1, 0.15) is 11.4 Å². The quantitative estimate of drug-likeness (QED) is 0.718. The Morgan fingerprint density at radius 1 is 1.30 bits per heavy atom. The van der Waals surface area contributed by atoms with E-state index in [0.29, 0.717) is 19.8 Å². The summed E-state index contributed by atoms with van der Waals surface area (Å²) in [5.41, 5.74) is 0.113. The van der Waals surface area contributed by atoms with Gasteiger partial charge in [0, 0.05) is 19.8 Å². The van der Waals surface area contributed by atoms with E-state index in [1.165, 1.54) is 31.0 Å². The molecule has 1 aliphatic rings. The van der Waals surface area contributed by atoms with Gasteiger partial charge in [-0.15, -0.1) is 0 Å². The van der Waals surface area contributed by atoms with E-state index in [2.05, 4.69) is 10.3 Å². The molecule has 126 valence electrons. The Morgan fingerprint density at radius 2 is 2.00 bits per heavy atom. The molecule has 6 nitrogen and oxygen atoms in total. The molecule has 0 atom stereocenters. The number of hydrogen-bond acceptors (Lipinski definition) is 4. The van der Waals surface area contributed by atoms with Gasteiger partial charge in [-0.2, -0.15) is 0 Å². The molecule has 0 aromatic carbocycles. The number of pyridine rings is 1. The summed E-state index contributed by atoms with van der Waals surface area (Å²) >= 11 is 0. The molecular formula is C17H24N2O4. The van der Waals surface area contributed by atoms with Crippen LogP contribution in [0.5, 0.6) is 0 Å². The number of nitrogens with one attached hydrogen (secondary N) is 1. The lowest BCUT2D eigenvalue weighted by molar-refractivity contribution is 0.0690. The van der Waals surface area contributed by atoms with Gasteiger partial charge in [0.15, 0.2) is 0 Å². The third kappa shape index (κ3) is 4.76. The zero-order valence-electron chi connectivity index (χ0n) is 13.5. The smallest absolute Gasteiger partial charge is 0.354 e. The minimum atomic E-state index is -1.14. The normalized spacial score (nSPS) is 16.2. The Kier molecular flexibility index (Phi) is 6.10. The zero-order chi connectivity index (χ0) is 16.7. The number of ether oxygens (including phenoxy) is 1. The molecule has 0 spiro atoms. The van der Waals surface area contributed by atoms with Gasteiger partial charge >= 0.3 is 5.97 Å². The average molecular weight is 320 g/mol. The number of amides is 1. The lowest BCUT2D eigenvalue weighted by atomic mass is 9.83. The van der Waals surface area contributed by atoms with Gasteiger partial charge in [0.05, 0.1) is 0 Å². The molecule has 1 saturated carbocycles. The fourth-order valence-corrected chi connectivity index (χ4v) is 3.11. The highest BCUT2D eigenvalue weighted by atomic mass is 16.5. The topological polar surface area (TPSA) is 88.5 Å². The molecule has 1 aliphatic carbocycles. The van der Waals surface area contributed by atoms with Crippen molar-refractivity contribution >= 4 is 11.9 Å². The van der Waals surface area contributed by atoms with Crippen molar-refractivity contribution in [1.82, 2.24) is 10.3 Å². The van der Waals surface area contributed by atoms with Crippen LogP contribution in [0.4, 0.5) is 0 Å². The molecule has 0 saturated heterocycles. The largest absolute Gasteiger partial charge is 0.477 e. The highest BCUT2D eigenvalue weighted by Crippen LogP contribution is 2.40. The molecule has 2 rings (SSSR count). The van der Waals surface area contributed by atoms with Crippen molar-refractivity contribution in [1.29, 1.82) is 0 Å². The highest BCUT2D eigenvalue weighted by Gasteiger charge is 2.34. The number of carboxylic acids is 1. The summed E-state index contributed by atoms with van der Waals surface area (Å²) in [7, 11) is 0. The molecule has 1 aromatic rings. The van der Waals surface area contributed by atoms with Gasteiger partial charge in [-0.1, -0.05) is 18.9 Å². The van der Waals surface area contributed by atoms with Crippen LogP contribution in [0, 0.1) is 5.41 Å². The van der Waals surface area contributed by atoms with Crippen molar-refractivity contribution in [2.75, 3.05) is 19.8 Å². The van der Waals surface area contributed by atoms with Gasteiger partial charge in [0.25, 0.3) is 5.91 Å². The molecule has 23 heavy (non-hydrogen) atoms. The number of nitrogens with zero attached hydrogens (tertiary/aromatic N) is 1. The van der Waals surface area contributed by atoms with E-state index in [9.17, 15) is 9.59 Å². The van der Waals surface area contributed by atoms with Crippen LogP contribution < -0.4 is 5.32 Å². The SMILES string of the molecule is CCOCCC1(CNC(=O)c2cccc(C(=O)O)n2)CCCC1. The van der Waals surface area contributed by atoms with Crippen molar-refractivity contribution in [2.45, 2.75) is 39.0 Å². The maximum absolute atomic E-state index is 12.3. The minimum absolute atomic E-state index is 0.0925. The molecule has 0 radical (unpaired) electrons. The van der Waals surface area contributed by atoms with E-state index in [4.69, 9.17) is 9.84 Å².